The Balaban J connectivity index is 1.33. The van der Waals surface area contributed by atoms with Gasteiger partial charge in [-0.3, -0.25) is 19.6 Å². The van der Waals surface area contributed by atoms with Crippen molar-refractivity contribution in [3.05, 3.63) is 58.3 Å². The van der Waals surface area contributed by atoms with Crippen LogP contribution in [0.3, 0.4) is 0 Å². The zero-order chi connectivity index (χ0) is 24.7. The maximum Gasteiger partial charge on any atom is 0.258 e. The van der Waals surface area contributed by atoms with E-state index >= 15 is 0 Å². The van der Waals surface area contributed by atoms with E-state index in [0.717, 1.165) is 43.9 Å². The van der Waals surface area contributed by atoms with Crippen molar-refractivity contribution in [2.75, 3.05) is 33.2 Å². The van der Waals surface area contributed by atoms with Gasteiger partial charge >= 0.3 is 0 Å². The number of aromatic hydroxyl groups is 1. The number of carbonyl (C=O) groups is 2. The summed E-state index contributed by atoms with van der Waals surface area (Å²) < 4.78 is 0. The van der Waals surface area contributed by atoms with Crippen LogP contribution in [0.1, 0.15) is 57.8 Å². The zero-order valence-corrected chi connectivity index (χ0v) is 20.7. The van der Waals surface area contributed by atoms with E-state index in [1.165, 1.54) is 11.6 Å². The topological polar surface area (TPSA) is 92.8 Å². The van der Waals surface area contributed by atoms with Gasteiger partial charge in [-0.15, -0.1) is 0 Å². The molecule has 2 N–H and O–H groups in total. The summed E-state index contributed by atoms with van der Waals surface area (Å²) in [5.41, 5.74) is 4.62. The number of piperazine rings is 1. The Kier molecular flexibility index (Phi) is 6.34. The van der Waals surface area contributed by atoms with Gasteiger partial charge in [-0.25, -0.2) is 0 Å². The van der Waals surface area contributed by atoms with Gasteiger partial charge in [0.1, 0.15) is 11.4 Å². The van der Waals surface area contributed by atoms with Crippen LogP contribution in [-0.2, 0) is 19.6 Å². The Morgan fingerprint density at radius 2 is 1.80 bits per heavy atom. The number of likely N-dealkylation sites (N-methyl/N-ethyl adjacent to an activating group) is 1. The summed E-state index contributed by atoms with van der Waals surface area (Å²) in [5, 5.41) is 18.2. The van der Waals surface area contributed by atoms with Gasteiger partial charge < -0.3 is 14.9 Å². The minimum Gasteiger partial charge on any atom is -0.507 e. The van der Waals surface area contributed by atoms with E-state index < -0.39 is 0 Å². The summed E-state index contributed by atoms with van der Waals surface area (Å²) in [4.78, 5) is 32.6. The van der Waals surface area contributed by atoms with Crippen molar-refractivity contribution in [2.45, 2.75) is 39.9 Å². The molecule has 8 heteroatoms. The van der Waals surface area contributed by atoms with Crippen LogP contribution in [0.15, 0.2) is 30.3 Å². The maximum atomic E-state index is 13.4. The third-order valence-electron chi connectivity index (χ3n) is 7.05. The number of hydrogen-bond donors (Lipinski definition) is 2. The molecule has 1 aromatic heterocycles. The number of rotatable bonds is 6. The molecule has 0 spiro atoms. The molecule has 2 aliphatic heterocycles. The highest BCUT2D eigenvalue weighted by molar-refractivity contribution is 6.09. The number of hydrogen-bond acceptors (Lipinski definition) is 6. The van der Waals surface area contributed by atoms with Gasteiger partial charge in [0.05, 0.1) is 11.1 Å². The van der Waals surface area contributed by atoms with Crippen LogP contribution in [0.4, 0.5) is 0 Å². The number of H-pyrrole nitrogens is 1. The molecule has 1 amide bonds. The van der Waals surface area contributed by atoms with E-state index in [0.29, 0.717) is 36.1 Å². The molecule has 35 heavy (non-hydrogen) atoms. The summed E-state index contributed by atoms with van der Waals surface area (Å²) >= 11 is 0. The predicted octanol–water partition coefficient (Wildman–Crippen LogP) is 3.40. The number of aromatic nitrogens is 2. The molecule has 0 aliphatic carbocycles. The van der Waals surface area contributed by atoms with Crippen molar-refractivity contribution in [1.29, 1.82) is 0 Å². The van der Waals surface area contributed by atoms with Crippen LogP contribution in [0.5, 0.6) is 5.75 Å². The number of phenolic OH excluding ortho intramolecular Hbond substituents is 1. The second-order valence-electron chi connectivity index (χ2n) is 10.4. The predicted molar refractivity (Wildman–Crippen MR) is 134 cm³/mol. The number of nitrogens with one attached hydrogen (secondary N) is 1. The first kappa shape index (κ1) is 23.5. The summed E-state index contributed by atoms with van der Waals surface area (Å²) in [7, 11) is 2.16. The normalized spacial score (nSPS) is 16.9. The van der Waals surface area contributed by atoms with Crippen molar-refractivity contribution in [3.8, 4) is 5.75 Å². The molecule has 0 bridgehead atoms. The van der Waals surface area contributed by atoms with Gasteiger partial charge in [-0.2, -0.15) is 5.10 Å². The first-order chi connectivity index (χ1) is 16.8. The Hall–Kier alpha value is -3.23. The average Bonchev–Trinajstić information content (AvgIpc) is 3.42. The first-order valence-corrected chi connectivity index (χ1v) is 12.3. The molecule has 0 unspecified atom stereocenters. The molecular formula is C27H33N5O3. The van der Waals surface area contributed by atoms with Gasteiger partial charge in [0.25, 0.3) is 5.91 Å². The van der Waals surface area contributed by atoms with Crippen LogP contribution in [0, 0.1) is 5.92 Å². The molecule has 184 valence electrons. The lowest BCUT2D eigenvalue weighted by atomic mass is 10.0. The molecule has 2 aliphatic rings. The molecule has 8 nitrogen and oxygen atoms in total. The van der Waals surface area contributed by atoms with E-state index in [2.05, 4.69) is 45.2 Å². The number of ketones is 1. The SMILES string of the molecule is CC(C)CC(=O)c1n[nH]c2cc(O)c(C(=O)N3Cc4ccc(CN5CCN(C)CC5)cc4C3)cc12. The Morgan fingerprint density at radius 1 is 1.06 bits per heavy atom. The number of fused-ring (bicyclic) bond motifs is 2. The van der Waals surface area contributed by atoms with E-state index in [1.54, 1.807) is 11.0 Å². The van der Waals surface area contributed by atoms with Crippen molar-refractivity contribution < 1.29 is 14.7 Å². The third kappa shape index (κ3) is 4.81. The maximum absolute atomic E-state index is 13.4. The van der Waals surface area contributed by atoms with Crippen LogP contribution < -0.4 is 0 Å². The fraction of sp³-hybridized carbons (Fsp3) is 0.444. The number of carbonyl (C=O) groups excluding carboxylic acids is 2. The number of aromatic amines is 1. The number of amides is 1. The molecular weight excluding hydrogens is 442 g/mol. The quantitative estimate of drug-likeness (QED) is 0.531. The van der Waals surface area contributed by atoms with Gasteiger partial charge in [0.15, 0.2) is 5.78 Å². The highest BCUT2D eigenvalue weighted by Gasteiger charge is 2.28. The Morgan fingerprint density at radius 3 is 2.54 bits per heavy atom. The van der Waals surface area contributed by atoms with Gasteiger partial charge in [-0.05, 0) is 35.7 Å². The summed E-state index contributed by atoms with van der Waals surface area (Å²) in [6.45, 7) is 10.2. The third-order valence-corrected chi connectivity index (χ3v) is 7.05. The highest BCUT2D eigenvalue weighted by atomic mass is 16.3. The van der Waals surface area contributed by atoms with E-state index in [4.69, 9.17) is 0 Å². The molecule has 1 fully saturated rings. The molecule has 2 aromatic carbocycles. The molecule has 1 saturated heterocycles. The lowest BCUT2D eigenvalue weighted by molar-refractivity contribution is 0.0748. The minimum atomic E-state index is -0.246. The molecule has 3 heterocycles. The molecule has 0 radical (unpaired) electrons. The Bertz CT molecular complexity index is 1270. The lowest BCUT2D eigenvalue weighted by Crippen LogP contribution is -2.43. The summed E-state index contributed by atoms with van der Waals surface area (Å²) in [6, 6.07) is 9.58. The monoisotopic (exact) mass is 475 g/mol. The smallest absolute Gasteiger partial charge is 0.258 e. The van der Waals surface area contributed by atoms with Gasteiger partial charge in [-0.1, -0.05) is 32.0 Å². The molecule has 0 atom stereocenters. The summed E-state index contributed by atoms with van der Waals surface area (Å²) in [5.74, 6) is -0.223. The van der Waals surface area contributed by atoms with Crippen molar-refractivity contribution in [1.82, 2.24) is 24.9 Å². The number of benzene rings is 2. The van der Waals surface area contributed by atoms with E-state index in [1.807, 2.05) is 13.8 Å². The molecule has 0 saturated carbocycles. The second kappa shape index (κ2) is 9.43. The van der Waals surface area contributed by atoms with Crippen LogP contribution in [-0.4, -0.2) is 74.9 Å². The standard InChI is InChI=1S/C27H33N5O3/c1-17(2)10-25(34)26-21-12-22(24(33)13-23(21)28-29-26)27(35)32-15-19-5-4-18(11-20(19)16-32)14-31-8-6-30(3)7-9-31/h4-5,11-13,17,33H,6-10,14-16H2,1-3H3,(H,28,29). The molecule has 5 rings (SSSR count). The number of nitrogens with zero attached hydrogens (tertiary/aromatic N) is 4. The van der Waals surface area contributed by atoms with Crippen LogP contribution in [0.25, 0.3) is 10.9 Å². The van der Waals surface area contributed by atoms with Crippen LogP contribution in [0.2, 0.25) is 0 Å². The minimum absolute atomic E-state index is 0.0724. The second-order valence-corrected chi connectivity index (χ2v) is 10.4. The highest BCUT2D eigenvalue weighted by Crippen LogP contribution is 2.31. The lowest BCUT2D eigenvalue weighted by Gasteiger charge is -2.32. The Labute approximate surface area is 205 Å². The summed E-state index contributed by atoms with van der Waals surface area (Å²) in [6.07, 6.45) is 0.377. The van der Waals surface area contributed by atoms with E-state index in [-0.39, 0.29) is 28.9 Å². The average molecular weight is 476 g/mol. The fourth-order valence-electron chi connectivity index (χ4n) is 5.03. The largest absolute Gasteiger partial charge is 0.507 e. The van der Waals surface area contributed by atoms with Gasteiger partial charge in [0.2, 0.25) is 0 Å². The fourth-order valence-corrected chi connectivity index (χ4v) is 5.03. The first-order valence-electron chi connectivity index (χ1n) is 12.3. The van der Waals surface area contributed by atoms with Gasteiger partial charge in [0, 0.05) is 63.7 Å². The zero-order valence-electron chi connectivity index (χ0n) is 20.7. The van der Waals surface area contributed by atoms with Crippen molar-refractivity contribution >= 4 is 22.6 Å². The molecule has 3 aromatic rings. The van der Waals surface area contributed by atoms with E-state index in [9.17, 15) is 14.7 Å². The van der Waals surface area contributed by atoms with Crippen molar-refractivity contribution in [2.24, 2.45) is 5.92 Å². The number of phenols is 1. The number of Topliss-reactive ketones (excluding diaryl/α,β-unsaturated/α-hetero) is 1. The van der Waals surface area contributed by atoms with Crippen LogP contribution >= 0.6 is 0 Å². The van der Waals surface area contributed by atoms with Crippen molar-refractivity contribution in [3.63, 3.8) is 0 Å².